The average molecular weight is 578 g/mol. The van der Waals surface area contributed by atoms with Gasteiger partial charge < -0.3 is 19.8 Å². The van der Waals surface area contributed by atoms with Crippen molar-refractivity contribution in [3.05, 3.63) is 17.1 Å². The number of hydrogen-bond acceptors (Lipinski definition) is 11. The Morgan fingerprint density at radius 3 is 2.59 bits per heavy atom. The first-order chi connectivity index (χ1) is 14.7. The number of aliphatic carboxylic acids is 1. The number of thioether (sulfide) groups is 2. The van der Waals surface area contributed by atoms with Crippen molar-refractivity contribution in [2.24, 2.45) is 0 Å². The standard InChI is InChI=1S/C14H14F3N5O6S4.2Na/c15-14(16,17)1-7(29)19-8-10(23)22-9(12(24)25)5(2-30-11(8)22)3-31-13-18-6(20-21-13)4-32(26,27)28;;/h8,11H,1-4H2,(H,19,29)(H,24,25)(H,18,20,21)(H,26,27,28);;/q;2*+1/p-2/t8?,11-;;/m1../s1. The average Bonchev–Trinajstić information content (AvgIpc) is 3.07. The van der Waals surface area contributed by atoms with Crippen molar-refractivity contribution >= 4 is 62.7 Å². The van der Waals surface area contributed by atoms with Crippen molar-refractivity contribution in [2.45, 2.75) is 34.9 Å². The van der Waals surface area contributed by atoms with Gasteiger partial charge in [-0.2, -0.15) is 13.2 Å². The third-order valence-electron chi connectivity index (χ3n) is 4.12. The molecule has 34 heavy (non-hydrogen) atoms. The predicted octanol–water partition coefficient (Wildman–Crippen LogP) is -6.89. The molecule has 3 heterocycles. The molecular formula is C14H12F3N5Na2O6S4. The van der Waals surface area contributed by atoms with Gasteiger partial charge in [0.05, 0.1) is 28.8 Å². The van der Waals surface area contributed by atoms with Crippen LogP contribution in [-0.2, 0) is 25.5 Å². The molecule has 1 amide bonds. The number of H-pyrrole nitrogens is 1. The molecule has 2 aliphatic rings. The second kappa shape index (κ2) is 12.6. The first kappa shape index (κ1) is 32.1. The molecule has 1 saturated heterocycles. The minimum Gasteiger partial charge on any atom is -0.748 e. The fraction of sp³-hybridized carbons (Fsp3) is 0.500. The quantitative estimate of drug-likeness (QED) is 0.0986. The van der Waals surface area contributed by atoms with Crippen molar-refractivity contribution in [1.82, 2.24) is 25.4 Å². The Labute approximate surface area is 249 Å². The number of carbonyl (C=O) groups excluding carboxylic acids is 2. The van der Waals surface area contributed by atoms with Gasteiger partial charge in [0.25, 0.3) is 5.91 Å². The molecule has 11 nitrogen and oxygen atoms in total. The monoisotopic (exact) mass is 577 g/mol. The van der Waals surface area contributed by atoms with E-state index < -0.39 is 62.4 Å². The summed E-state index contributed by atoms with van der Waals surface area (Å²) in [7, 11) is -4.57. The third-order valence-corrected chi connectivity index (χ3v) is 7.28. The Morgan fingerprint density at radius 2 is 2.03 bits per heavy atom. The largest absolute Gasteiger partial charge is 1.00 e. The van der Waals surface area contributed by atoms with Gasteiger partial charge in [-0.1, -0.05) is 24.0 Å². The number of fused-ring (bicyclic) bond motifs is 1. The molecule has 176 valence electrons. The van der Waals surface area contributed by atoms with Gasteiger partial charge in [-0.3, -0.25) is 14.8 Å². The van der Waals surface area contributed by atoms with Crippen LogP contribution in [0.25, 0.3) is 0 Å². The smallest absolute Gasteiger partial charge is 0.748 e. The van der Waals surface area contributed by atoms with E-state index in [-0.39, 0.29) is 87.2 Å². The van der Waals surface area contributed by atoms with Crippen LogP contribution >= 0.6 is 35.7 Å². The van der Waals surface area contributed by atoms with Gasteiger partial charge >= 0.3 is 65.3 Å². The zero-order valence-corrected chi connectivity index (χ0v) is 24.8. The number of nitrogens with one attached hydrogen (secondary N) is 2. The molecule has 1 aromatic heterocycles. The maximum absolute atomic E-state index is 12.5. The molecule has 0 spiro atoms. The van der Waals surface area contributed by atoms with Crippen LogP contribution in [0.15, 0.2) is 16.4 Å². The van der Waals surface area contributed by atoms with Crippen LogP contribution in [0.3, 0.4) is 0 Å². The Kier molecular flexibility index (Phi) is 11.9. The summed E-state index contributed by atoms with van der Waals surface area (Å²) in [6, 6.07) is -1.09. The molecule has 1 fully saturated rings. The molecule has 2 atom stereocenters. The van der Waals surface area contributed by atoms with Crippen molar-refractivity contribution in [2.75, 3.05) is 11.5 Å². The number of β-lactam (4-membered cyclic amide) rings is 1. The number of alkyl halides is 3. The molecule has 0 bridgehead atoms. The van der Waals surface area contributed by atoms with Crippen molar-refractivity contribution in [3.63, 3.8) is 0 Å². The van der Waals surface area contributed by atoms with E-state index in [4.69, 9.17) is 0 Å². The van der Waals surface area contributed by atoms with Crippen molar-refractivity contribution in [1.29, 1.82) is 0 Å². The number of thiocarbonyl (C=S) groups is 1. The molecule has 0 aliphatic carbocycles. The summed E-state index contributed by atoms with van der Waals surface area (Å²) in [5.41, 5.74) is -0.118. The van der Waals surface area contributed by atoms with Crippen LogP contribution in [0.1, 0.15) is 12.2 Å². The fourth-order valence-corrected chi connectivity index (χ4v) is 5.97. The van der Waals surface area contributed by atoms with Crippen LogP contribution < -0.4 is 69.5 Å². The van der Waals surface area contributed by atoms with Crippen LogP contribution in [0.4, 0.5) is 13.2 Å². The van der Waals surface area contributed by atoms with Gasteiger partial charge in [0.1, 0.15) is 27.4 Å². The molecular weight excluding hydrogens is 565 g/mol. The predicted molar refractivity (Wildman–Crippen MR) is 106 cm³/mol. The summed E-state index contributed by atoms with van der Waals surface area (Å²) in [5.74, 6) is -3.34. The van der Waals surface area contributed by atoms with E-state index in [1.807, 2.05) is 0 Å². The number of carboxylic acids is 1. The Hall–Kier alpha value is 0.110. The first-order valence-corrected chi connectivity index (χ1v) is 12.5. The van der Waals surface area contributed by atoms with E-state index in [2.05, 4.69) is 32.7 Å². The SMILES string of the molecule is O=C([O-])C1=C(CSc2n[nH]c(CS(=O)(=O)[O-])n2)CS[C@@H]2C(NC(=S)CC(F)(F)F)C(=O)N12.[Na+].[Na+]. The van der Waals surface area contributed by atoms with Crippen molar-refractivity contribution < 1.29 is 100.0 Å². The molecule has 2 aliphatic heterocycles. The number of carboxylic acid groups (broad SMARTS) is 1. The second-order valence-electron chi connectivity index (χ2n) is 6.54. The summed E-state index contributed by atoms with van der Waals surface area (Å²) in [4.78, 5) is 28.3. The fourth-order valence-electron chi connectivity index (χ4n) is 2.92. The Balaban J connectivity index is 0.00000289. The minimum absolute atomic E-state index is 0. The van der Waals surface area contributed by atoms with Gasteiger partial charge in [-0.25, -0.2) is 13.4 Å². The summed E-state index contributed by atoms with van der Waals surface area (Å²) in [6.45, 7) is 0. The van der Waals surface area contributed by atoms with Crippen molar-refractivity contribution in [3.8, 4) is 0 Å². The molecule has 0 radical (unpaired) electrons. The number of halogens is 3. The number of amides is 1. The van der Waals surface area contributed by atoms with E-state index >= 15 is 0 Å². The Bertz CT molecular complexity index is 1100. The van der Waals surface area contributed by atoms with Gasteiger partial charge in [0.15, 0.2) is 0 Å². The molecule has 0 aromatic carbocycles. The van der Waals surface area contributed by atoms with Gasteiger partial charge in [0, 0.05) is 11.5 Å². The molecule has 20 heteroatoms. The van der Waals surface area contributed by atoms with E-state index in [0.717, 1.165) is 28.4 Å². The second-order valence-corrected chi connectivity index (χ2v) is 10.5. The number of hydrogen-bond donors (Lipinski definition) is 2. The van der Waals surface area contributed by atoms with E-state index in [0.29, 0.717) is 0 Å². The third kappa shape index (κ3) is 8.32. The number of rotatable bonds is 8. The maximum Gasteiger partial charge on any atom is 1.00 e. The first-order valence-electron chi connectivity index (χ1n) is 8.47. The summed E-state index contributed by atoms with van der Waals surface area (Å²) in [6.07, 6.45) is -5.95. The molecule has 1 aromatic rings. The van der Waals surface area contributed by atoms with Gasteiger partial charge in [-0.05, 0) is 5.57 Å². The Morgan fingerprint density at radius 1 is 1.38 bits per heavy atom. The van der Waals surface area contributed by atoms with Gasteiger partial charge in [0.2, 0.25) is 5.16 Å². The van der Waals surface area contributed by atoms with E-state index in [9.17, 15) is 40.8 Å². The topological polar surface area (TPSA) is 171 Å². The molecule has 1 unspecified atom stereocenters. The minimum atomic E-state index is -4.57. The van der Waals surface area contributed by atoms with Crippen LogP contribution in [0.5, 0.6) is 0 Å². The maximum atomic E-state index is 12.5. The van der Waals surface area contributed by atoms with Crippen LogP contribution in [0.2, 0.25) is 0 Å². The number of aromatic nitrogens is 3. The van der Waals surface area contributed by atoms with E-state index in [1.54, 1.807) is 0 Å². The number of nitrogens with zero attached hydrogens (tertiary/aromatic N) is 3. The van der Waals surface area contributed by atoms with Crippen LogP contribution in [0, 0.1) is 0 Å². The summed E-state index contributed by atoms with van der Waals surface area (Å²) >= 11 is 6.69. The number of aromatic amines is 1. The van der Waals surface area contributed by atoms with E-state index in [1.165, 1.54) is 0 Å². The molecule has 2 N–H and O–H groups in total. The summed E-state index contributed by atoms with van der Waals surface area (Å²) in [5, 5.41) is 19.3. The zero-order chi connectivity index (χ0) is 23.8. The summed E-state index contributed by atoms with van der Waals surface area (Å²) < 4.78 is 69.6. The zero-order valence-electron chi connectivity index (χ0n) is 17.5. The normalized spacial score (nSPS) is 20.0. The molecule has 0 saturated carbocycles. The number of carbonyl (C=O) groups is 2. The van der Waals surface area contributed by atoms with Gasteiger partial charge in [-0.15, -0.1) is 16.9 Å². The molecule has 3 rings (SSSR count). The van der Waals surface area contributed by atoms with Crippen LogP contribution in [-0.4, -0.2) is 79.0 Å².